The predicted molar refractivity (Wildman–Crippen MR) is 130 cm³/mol. The lowest BCUT2D eigenvalue weighted by molar-refractivity contribution is -0.122. The average Bonchev–Trinajstić information content (AvgIpc) is 2.79. The maximum Gasteiger partial charge on any atom is 0.335 e. The first kappa shape index (κ1) is 22.5. The summed E-state index contributed by atoms with van der Waals surface area (Å²) in [6, 6.07) is 19.4. The van der Waals surface area contributed by atoms with Crippen molar-refractivity contribution in [3.63, 3.8) is 0 Å². The SMILES string of the molecule is Cc1cccc(N2C(=O)NC(=O)/C(=C\c3ccccc3OCc3ccc(Br)cc3)C2=O)c1C. The van der Waals surface area contributed by atoms with Crippen LogP contribution in [0.5, 0.6) is 5.75 Å². The number of aryl methyl sites for hydroxylation is 1. The fraction of sp³-hybridized carbons (Fsp3) is 0.115. The first-order valence-electron chi connectivity index (χ1n) is 10.3. The highest BCUT2D eigenvalue weighted by molar-refractivity contribution is 9.10. The summed E-state index contributed by atoms with van der Waals surface area (Å²) in [5.41, 5.74) is 3.54. The van der Waals surface area contributed by atoms with Crippen molar-refractivity contribution in [3.05, 3.63) is 99.0 Å². The Balaban J connectivity index is 1.66. The van der Waals surface area contributed by atoms with Gasteiger partial charge in [0.15, 0.2) is 0 Å². The number of hydrogen-bond acceptors (Lipinski definition) is 4. The van der Waals surface area contributed by atoms with Crippen molar-refractivity contribution in [2.24, 2.45) is 0 Å². The summed E-state index contributed by atoms with van der Waals surface area (Å²) in [6.07, 6.45) is 1.46. The monoisotopic (exact) mass is 504 g/mol. The van der Waals surface area contributed by atoms with Crippen LogP contribution in [0.1, 0.15) is 22.3 Å². The normalized spacial score (nSPS) is 15.1. The van der Waals surface area contributed by atoms with E-state index in [1.54, 1.807) is 30.3 Å². The Kier molecular flexibility index (Phi) is 6.42. The molecule has 7 heteroatoms. The predicted octanol–water partition coefficient (Wildman–Crippen LogP) is 5.31. The molecule has 6 nitrogen and oxygen atoms in total. The van der Waals surface area contributed by atoms with Crippen LogP contribution in [0.25, 0.3) is 6.08 Å². The van der Waals surface area contributed by atoms with Gasteiger partial charge in [-0.3, -0.25) is 14.9 Å². The standard InChI is InChI=1S/C26H21BrN2O4/c1-16-6-5-8-22(17(16)2)29-25(31)21(24(30)28-26(29)32)14-19-7-3-4-9-23(19)33-15-18-10-12-20(27)13-11-18/h3-14H,15H2,1-2H3,(H,28,30,32)/b21-14+. The zero-order chi connectivity index (χ0) is 23.5. The Morgan fingerprint density at radius 3 is 2.42 bits per heavy atom. The molecule has 1 saturated heterocycles. The van der Waals surface area contributed by atoms with Crippen molar-refractivity contribution in [2.75, 3.05) is 4.90 Å². The van der Waals surface area contributed by atoms with Crippen LogP contribution in [0.4, 0.5) is 10.5 Å². The quantitative estimate of drug-likeness (QED) is 0.377. The zero-order valence-electron chi connectivity index (χ0n) is 18.1. The maximum atomic E-state index is 13.3. The molecule has 0 radical (unpaired) electrons. The van der Waals surface area contributed by atoms with Crippen LogP contribution in [-0.4, -0.2) is 17.8 Å². The summed E-state index contributed by atoms with van der Waals surface area (Å²) in [5, 5.41) is 2.27. The third-order valence-corrected chi connectivity index (χ3v) is 5.97. The molecular weight excluding hydrogens is 484 g/mol. The fourth-order valence-electron chi connectivity index (χ4n) is 3.48. The number of nitrogens with zero attached hydrogens (tertiary/aromatic N) is 1. The minimum absolute atomic E-state index is 0.143. The minimum Gasteiger partial charge on any atom is -0.488 e. The number of anilines is 1. The molecule has 1 heterocycles. The highest BCUT2D eigenvalue weighted by Gasteiger charge is 2.37. The topological polar surface area (TPSA) is 75.7 Å². The van der Waals surface area contributed by atoms with E-state index in [4.69, 9.17) is 4.74 Å². The second-order valence-electron chi connectivity index (χ2n) is 7.63. The van der Waals surface area contributed by atoms with Gasteiger partial charge in [-0.1, -0.05) is 58.4 Å². The van der Waals surface area contributed by atoms with Gasteiger partial charge in [0.1, 0.15) is 17.9 Å². The Morgan fingerprint density at radius 2 is 1.67 bits per heavy atom. The number of rotatable bonds is 5. The Bertz CT molecular complexity index is 1280. The molecule has 1 N–H and O–H groups in total. The maximum absolute atomic E-state index is 13.3. The number of amides is 4. The number of urea groups is 1. The van der Waals surface area contributed by atoms with Crippen molar-refractivity contribution < 1.29 is 19.1 Å². The molecule has 33 heavy (non-hydrogen) atoms. The van der Waals surface area contributed by atoms with E-state index >= 15 is 0 Å². The molecule has 4 rings (SSSR count). The van der Waals surface area contributed by atoms with Gasteiger partial charge in [-0.15, -0.1) is 0 Å². The molecule has 0 aromatic heterocycles. The third-order valence-electron chi connectivity index (χ3n) is 5.45. The smallest absolute Gasteiger partial charge is 0.335 e. The van der Waals surface area contributed by atoms with Crippen molar-refractivity contribution in [3.8, 4) is 5.75 Å². The van der Waals surface area contributed by atoms with Crippen LogP contribution < -0.4 is 15.0 Å². The lowest BCUT2D eigenvalue weighted by Crippen LogP contribution is -2.54. The fourth-order valence-corrected chi connectivity index (χ4v) is 3.75. The van der Waals surface area contributed by atoms with Gasteiger partial charge in [-0.05, 0) is 60.9 Å². The summed E-state index contributed by atoms with van der Waals surface area (Å²) < 4.78 is 6.93. The molecule has 3 aromatic rings. The number of carbonyl (C=O) groups is 3. The van der Waals surface area contributed by atoms with Crippen molar-refractivity contribution in [1.82, 2.24) is 5.32 Å². The van der Waals surface area contributed by atoms with Gasteiger partial charge in [-0.25, -0.2) is 9.69 Å². The van der Waals surface area contributed by atoms with Gasteiger partial charge in [0, 0.05) is 10.0 Å². The minimum atomic E-state index is -0.768. The number of imide groups is 2. The summed E-state index contributed by atoms with van der Waals surface area (Å²) in [6.45, 7) is 4.04. The van der Waals surface area contributed by atoms with Gasteiger partial charge in [-0.2, -0.15) is 0 Å². The lowest BCUT2D eigenvalue weighted by Gasteiger charge is -2.28. The number of halogens is 1. The molecule has 0 atom stereocenters. The van der Waals surface area contributed by atoms with E-state index in [1.165, 1.54) is 6.08 Å². The van der Waals surface area contributed by atoms with Gasteiger partial charge in [0.05, 0.1) is 5.69 Å². The molecule has 1 aliphatic heterocycles. The average molecular weight is 505 g/mol. The summed E-state index contributed by atoms with van der Waals surface area (Å²) in [4.78, 5) is 39.4. The molecule has 1 fully saturated rings. The molecule has 0 bridgehead atoms. The number of para-hydroxylation sites is 1. The highest BCUT2D eigenvalue weighted by atomic mass is 79.9. The molecule has 0 saturated carbocycles. The molecule has 0 unspecified atom stereocenters. The van der Waals surface area contributed by atoms with Crippen molar-refractivity contribution >= 4 is 45.5 Å². The van der Waals surface area contributed by atoms with E-state index in [-0.39, 0.29) is 5.57 Å². The molecule has 0 spiro atoms. The van der Waals surface area contributed by atoms with Gasteiger partial charge >= 0.3 is 6.03 Å². The molecule has 4 amide bonds. The molecular formula is C26H21BrN2O4. The molecule has 3 aromatic carbocycles. The van der Waals surface area contributed by atoms with Gasteiger partial charge < -0.3 is 4.74 Å². The Labute approximate surface area is 200 Å². The first-order chi connectivity index (χ1) is 15.8. The zero-order valence-corrected chi connectivity index (χ0v) is 19.7. The van der Waals surface area contributed by atoms with E-state index in [1.807, 2.05) is 50.2 Å². The summed E-state index contributed by atoms with van der Waals surface area (Å²) in [5.74, 6) is -0.905. The summed E-state index contributed by atoms with van der Waals surface area (Å²) in [7, 11) is 0. The van der Waals surface area contributed by atoms with E-state index in [9.17, 15) is 14.4 Å². The van der Waals surface area contributed by atoms with Crippen LogP contribution in [0, 0.1) is 13.8 Å². The van der Waals surface area contributed by atoms with Crippen LogP contribution in [-0.2, 0) is 16.2 Å². The number of hydrogen-bond donors (Lipinski definition) is 1. The van der Waals surface area contributed by atoms with E-state index < -0.39 is 17.8 Å². The van der Waals surface area contributed by atoms with E-state index in [0.717, 1.165) is 26.1 Å². The lowest BCUT2D eigenvalue weighted by atomic mass is 10.0. The van der Waals surface area contributed by atoms with Gasteiger partial charge in [0.2, 0.25) is 0 Å². The number of benzene rings is 3. The van der Waals surface area contributed by atoms with Crippen LogP contribution in [0.3, 0.4) is 0 Å². The van der Waals surface area contributed by atoms with Crippen molar-refractivity contribution in [1.29, 1.82) is 0 Å². The van der Waals surface area contributed by atoms with Crippen molar-refractivity contribution in [2.45, 2.75) is 20.5 Å². The molecule has 0 aliphatic carbocycles. The number of nitrogens with one attached hydrogen (secondary N) is 1. The van der Waals surface area contributed by atoms with Crippen LogP contribution in [0.15, 0.2) is 76.8 Å². The van der Waals surface area contributed by atoms with Crippen LogP contribution >= 0.6 is 15.9 Å². The number of carbonyl (C=O) groups excluding carboxylic acids is 3. The summed E-state index contributed by atoms with van der Waals surface area (Å²) >= 11 is 3.41. The second kappa shape index (κ2) is 9.42. The van der Waals surface area contributed by atoms with Gasteiger partial charge in [0.25, 0.3) is 11.8 Å². The largest absolute Gasteiger partial charge is 0.488 e. The second-order valence-corrected chi connectivity index (χ2v) is 8.55. The number of barbiturate groups is 1. The van der Waals surface area contributed by atoms with E-state index in [0.29, 0.717) is 23.6 Å². The third kappa shape index (κ3) is 4.73. The first-order valence-corrected chi connectivity index (χ1v) is 11.1. The Morgan fingerprint density at radius 1 is 0.939 bits per heavy atom. The number of ether oxygens (including phenoxy) is 1. The highest BCUT2D eigenvalue weighted by Crippen LogP contribution is 2.28. The van der Waals surface area contributed by atoms with E-state index in [2.05, 4.69) is 21.2 Å². The van der Waals surface area contributed by atoms with Crippen LogP contribution in [0.2, 0.25) is 0 Å². The molecule has 1 aliphatic rings. The Hall–Kier alpha value is -3.71. The molecule has 166 valence electrons.